The molecule has 2 N–H and O–H groups in total. The van der Waals surface area contributed by atoms with Gasteiger partial charge in [-0.2, -0.15) is 5.10 Å². The molecule has 6 aromatic rings. The van der Waals surface area contributed by atoms with Crippen LogP contribution in [0.25, 0.3) is 10.9 Å². The maximum absolute atomic E-state index is 14.7. The Morgan fingerprint density at radius 3 is 2.21 bits per heavy atom. The average Bonchev–Trinajstić information content (AvgIpc) is 1.91. The summed E-state index contributed by atoms with van der Waals surface area (Å²) in [5.74, 6) is 1.35. The molecule has 0 unspecified atom stereocenters. The normalized spacial score (nSPS) is 19.8. The molecule has 4 aliphatic rings. The Morgan fingerprint density at radius 1 is 0.816 bits per heavy atom. The number of ether oxygens (including phenoxy) is 2. The number of piperazine rings is 3. The van der Waals surface area contributed by atoms with Crippen LogP contribution in [0, 0.1) is 19.7 Å². The van der Waals surface area contributed by atoms with Gasteiger partial charge >= 0.3 is 6.09 Å². The molecule has 8 heterocycles. The van der Waals surface area contributed by atoms with Crippen LogP contribution in [-0.2, 0) is 31.2 Å². The van der Waals surface area contributed by atoms with Gasteiger partial charge in [-0.25, -0.2) is 37.5 Å². The lowest BCUT2D eigenvalue weighted by atomic mass is 9.91. The summed E-state index contributed by atoms with van der Waals surface area (Å²) in [5.41, 5.74) is 5.24. The minimum absolute atomic E-state index is 0.0377. The number of aromatic amines is 1. The number of rotatable bonds is 16. The molecule has 10 rings (SSSR count). The van der Waals surface area contributed by atoms with Crippen molar-refractivity contribution in [2.75, 3.05) is 107 Å². The Labute approximate surface area is 510 Å². The molecule has 22 nitrogen and oxygen atoms in total. The summed E-state index contributed by atoms with van der Waals surface area (Å²) in [6.45, 7) is 30.2. The second-order valence-corrected chi connectivity index (χ2v) is 29.1. The van der Waals surface area contributed by atoms with Gasteiger partial charge < -0.3 is 34.4 Å². The zero-order valence-corrected chi connectivity index (χ0v) is 53.2. The van der Waals surface area contributed by atoms with E-state index in [1.54, 1.807) is 62.3 Å². The number of hydrogen-bond donors (Lipinski definition) is 2. The van der Waals surface area contributed by atoms with Crippen molar-refractivity contribution in [3.63, 3.8) is 0 Å². The van der Waals surface area contributed by atoms with Crippen molar-refractivity contribution in [1.82, 2.24) is 59.6 Å². The predicted octanol–water partition coefficient (Wildman–Crippen LogP) is 7.57. The van der Waals surface area contributed by atoms with E-state index in [1.165, 1.54) is 18.5 Å². The van der Waals surface area contributed by atoms with Crippen LogP contribution in [-0.4, -0.2) is 206 Å². The number of nitrogens with one attached hydrogen (secondary N) is 2. The first-order chi connectivity index (χ1) is 41.1. The van der Waals surface area contributed by atoms with Crippen molar-refractivity contribution in [2.45, 2.75) is 135 Å². The van der Waals surface area contributed by atoms with E-state index in [0.29, 0.717) is 112 Å². The molecule has 466 valence electrons. The molecular formula is C63H84FN15O7S. The molecule has 0 bridgehead atoms. The lowest BCUT2D eigenvalue weighted by Gasteiger charge is -2.48. The van der Waals surface area contributed by atoms with Gasteiger partial charge in [-0.05, 0) is 117 Å². The molecular weight excluding hydrogens is 1130 g/mol. The Hall–Kier alpha value is -7.41. The molecule has 0 spiro atoms. The van der Waals surface area contributed by atoms with Crippen LogP contribution in [0.1, 0.15) is 114 Å². The number of pyridine rings is 1. The van der Waals surface area contributed by atoms with Crippen molar-refractivity contribution in [3.8, 4) is 5.75 Å². The van der Waals surface area contributed by atoms with Crippen LogP contribution in [0.5, 0.6) is 5.75 Å². The van der Waals surface area contributed by atoms with Crippen LogP contribution >= 0.6 is 0 Å². The molecule has 3 amide bonds. The molecule has 0 saturated carbocycles. The first-order valence-corrected chi connectivity index (χ1v) is 31.7. The fraction of sp³-hybridized carbons (Fsp3) is 0.540. The van der Waals surface area contributed by atoms with E-state index in [2.05, 4.69) is 75.8 Å². The summed E-state index contributed by atoms with van der Waals surface area (Å²) in [5, 5.41) is 11.1. The number of carbonyl (C=O) groups is 3. The number of fused-ring (bicyclic) bond motifs is 2. The lowest BCUT2D eigenvalue weighted by Crippen LogP contribution is -2.65. The third-order valence-electron chi connectivity index (χ3n) is 17.2. The first-order valence-electron chi connectivity index (χ1n) is 30.2. The molecule has 24 heteroatoms. The van der Waals surface area contributed by atoms with E-state index in [0.717, 1.165) is 53.4 Å². The Bertz CT molecular complexity index is 3600. The minimum atomic E-state index is -3.84. The van der Waals surface area contributed by atoms with Crippen LogP contribution in [0.4, 0.5) is 32.5 Å². The summed E-state index contributed by atoms with van der Waals surface area (Å²) < 4.78 is 52.9. The van der Waals surface area contributed by atoms with E-state index in [-0.39, 0.29) is 64.5 Å². The topological polar surface area (TPSA) is 232 Å². The van der Waals surface area contributed by atoms with Crippen molar-refractivity contribution >= 4 is 61.9 Å². The predicted molar refractivity (Wildman–Crippen MR) is 332 cm³/mol. The number of aryl methyl sites for hydroxylation is 1. The SMILES string of the molecule is Cc1[nH]nc(Nc2ncnc3cc(OCCCN4CCN(c5ncc(C(=O)N6CCN(C[C@H]7CN(C(=O)OC(C)(C)C)[C@H](C)CN7CC(=O)N7CC(C)(C)c8ncc(Cc9ccc(F)cc9)cc87)[C@H](C)C6)cn5)CC4)c(S(=O)(=O)C(C)(C)C)cc23)c1C. The number of hydrogen-bond acceptors (Lipinski definition) is 18. The van der Waals surface area contributed by atoms with Gasteiger partial charge in [0.25, 0.3) is 5.91 Å². The highest BCUT2D eigenvalue weighted by Gasteiger charge is 2.44. The van der Waals surface area contributed by atoms with Crippen LogP contribution in [0.15, 0.2) is 72.3 Å². The highest BCUT2D eigenvalue weighted by molar-refractivity contribution is 7.92. The second-order valence-electron chi connectivity index (χ2n) is 26.4. The standard InChI is InChI=1S/C63H84FN15O7S/c1-40-33-76(24-23-75(40)35-48-36-78(60(82)86-61(5,6)7)41(2)34-77(48)37-54(80)79-38-63(11,12)55-51(79)27-45(30-65-55)26-44-14-16-47(64)17-15-44)58(81)46-31-66-59(67-32-46)74-21-19-73(20-22-74)18-13-25-85-52-29-50-49(28-53(52)87(83,84)62(8,9)10)57(69-39-68-50)70-56-42(3)43(4)71-72-56/h14-17,27-32,39-41,48H,13,18-26,33-38H2,1-12H3,(H2,68,69,70,71,72)/t40-,41-,48+/m1/s1. The monoisotopic (exact) mass is 1210 g/mol. The Kier molecular flexibility index (Phi) is 18.0. The molecule has 4 aromatic heterocycles. The minimum Gasteiger partial charge on any atom is -0.492 e. The highest BCUT2D eigenvalue weighted by atomic mass is 32.2. The third-order valence-corrected chi connectivity index (χ3v) is 19.7. The first kappa shape index (κ1) is 62.6. The van der Waals surface area contributed by atoms with E-state index >= 15 is 0 Å². The number of carbonyl (C=O) groups excluding carboxylic acids is 3. The number of anilines is 4. The molecule has 0 aliphatic carbocycles. The number of sulfone groups is 1. The van der Waals surface area contributed by atoms with Gasteiger partial charge in [-0.3, -0.25) is 34.4 Å². The summed E-state index contributed by atoms with van der Waals surface area (Å²) in [7, 11) is -3.84. The molecule has 0 radical (unpaired) electrons. The lowest BCUT2D eigenvalue weighted by molar-refractivity contribution is -0.121. The zero-order valence-electron chi connectivity index (χ0n) is 52.4. The van der Waals surface area contributed by atoms with Crippen molar-refractivity contribution in [1.29, 1.82) is 0 Å². The number of aromatic nitrogens is 7. The molecule has 3 saturated heterocycles. The molecule has 2 aromatic carbocycles. The van der Waals surface area contributed by atoms with Crippen LogP contribution in [0.2, 0.25) is 0 Å². The van der Waals surface area contributed by atoms with Gasteiger partial charge in [0.05, 0.1) is 40.4 Å². The summed E-state index contributed by atoms with van der Waals surface area (Å²) >= 11 is 0. The number of halogens is 1. The highest BCUT2D eigenvalue weighted by Crippen LogP contribution is 2.41. The van der Waals surface area contributed by atoms with Crippen LogP contribution < -0.4 is 19.9 Å². The molecule has 87 heavy (non-hydrogen) atoms. The van der Waals surface area contributed by atoms with Gasteiger partial charge in [0.15, 0.2) is 15.7 Å². The molecule has 4 aliphatic heterocycles. The Morgan fingerprint density at radius 2 is 1.54 bits per heavy atom. The van der Waals surface area contributed by atoms with Crippen molar-refractivity contribution < 1.29 is 36.7 Å². The molecule has 3 atom stereocenters. The summed E-state index contributed by atoms with van der Waals surface area (Å²) in [4.78, 5) is 80.2. The quantitative estimate of drug-likeness (QED) is 0.0890. The van der Waals surface area contributed by atoms with E-state index in [4.69, 9.17) is 14.5 Å². The largest absolute Gasteiger partial charge is 0.492 e. The van der Waals surface area contributed by atoms with Gasteiger partial charge in [0.2, 0.25) is 11.9 Å². The van der Waals surface area contributed by atoms with E-state index in [9.17, 15) is 27.2 Å². The fourth-order valence-corrected chi connectivity index (χ4v) is 13.2. The number of H-pyrrole nitrogens is 1. The van der Waals surface area contributed by atoms with Gasteiger partial charge in [0.1, 0.15) is 34.2 Å². The smallest absolute Gasteiger partial charge is 0.410 e. The maximum atomic E-state index is 14.7. The number of nitrogens with zero attached hydrogens (tertiary/aromatic N) is 13. The zero-order chi connectivity index (χ0) is 62.3. The van der Waals surface area contributed by atoms with Gasteiger partial charge in [-0.1, -0.05) is 26.0 Å². The third kappa shape index (κ3) is 14.0. The molecule has 3 fully saturated rings. The van der Waals surface area contributed by atoms with Crippen molar-refractivity contribution in [3.05, 3.63) is 107 Å². The fourth-order valence-electron chi connectivity index (χ4n) is 11.9. The second kappa shape index (κ2) is 25.0. The summed E-state index contributed by atoms with van der Waals surface area (Å²) in [6, 6.07) is 11.3. The Balaban J connectivity index is 0.728. The average molecular weight is 1210 g/mol. The van der Waals surface area contributed by atoms with Gasteiger partial charge in [-0.15, -0.1) is 0 Å². The summed E-state index contributed by atoms with van der Waals surface area (Å²) in [6.07, 6.45) is 7.33. The number of benzene rings is 2. The van der Waals surface area contributed by atoms with E-state index < -0.39 is 20.2 Å². The van der Waals surface area contributed by atoms with Gasteiger partial charge in [0, 0.05) is 143 Å². The number of amides is 3. The van der Waals surface area contributed by atoms with E-state index in [1.807, 2.05) is 63.6 Å². The maximum Gasteiger partial charge on any atom is 0.410 e. The van der Waals surface area contributed by atoms with Crippen molar-refractivity contribution in [2.24, 2.45) is 0 Å². The van der Waals surface area contributed by atoms with Crippen LogP contribution in [0.3, 0.4) is 0 Å².